The van der Waals surface area contributed by atoms with Crippen LogP contribution in [-0.2, 0) is 22.6 Å². The van der Waals surface area contributed by atoms with Crippen LogP contribution in [0.25, 0.3) is 0 Å². The lowest BCUT2D eigenvalue weighted by Gasteiger charge is -2.12. The molecule has 0 spiro atoms. The third kappa shape index (κ3) is 9.01. The molecule has 0 atom stereocenters. The number of ether oxygens (including phenoxy) is 2. The van der Waals surface area contributed by atoms with E-state index in [1.54, 1.807) is 13.2 Å². The first-order chi connectivity index (χ1) is 13.8. The lowest BCUT2D eigenvalue weighted by molar-refractivity contribution is 0.0487. The van der Waals surface area contributed by atoms with Crippen LogP contribution in [0, 0.1) is 0 Å². The van der Waals surface area contributed by atoms with E-state index in [-0.39, 0.29) is 0 Å². The van der Waals surface area contributed by atoms with Crippen molar-refractivity contribution in [3.63, 3.8) is 0 Å². The fraction of sp³-hybridized carbons (Fsp3) is 0.524. The highest BCUT2D eigenvalue weighted by atomic mass is 16.5. The van der Waals surface area contributed by atoms with Crippen molar-refractivity contribution >= 4 is 5.96 Å². The highest BCUT2D eigenvalue weighted by Gasteiger charge is 2.00. The highest BCUT2D eigenvalue weighted by Crippen LogP contribution is 2.06. The number of hydrogen-bond donors (Lipinski definition) is 2. The van der Waals surface area contributed by atoms with Crippen molar-refractivity contribution in [3.8, 4) is 0 Å². The average Bonchev–Trinajstić information content (AvgIpc) is 3.23. The minimum absolute atomic E-state index is 0.626. The molecule has 0 unspecified atom stereocenters. The van der Waals surface area contributed by atoms with Gasteiger partial charge in [0.15, 0.2) is 5.96 Å². The van der Waals surface area contributed by atoms with Gasteiger partial charge in [0.05, 0.1) is 26.1 Å². The molecule has 0 radical (unpaired) electrons. The van der Waals surface area contributed by atoms with Crippen LogP contribution in [0.5, 0.6) is 0 Å². The maximum atomic E-state index is 5.55. The molecule has 2 rings (SSSR count). The molecule has 2 aromatic rings. The van der Waals surface area contributed by atoms with Crippen LogP contribution in [-0.4, -0.2) is 55.5 Å². The van der Waals surface area contributed by atoms with Gasteiger partial charge in [-0.3, -0.25) is 4.99 Å². The number of nitrogens with one attached hydrogen (secondary N) is 2. The van der Waals surface area contributed by atoms with E-state index in [0.29, 0.717) is 26.4 Å². The van der Waals surface area contributed by atoms with Crippen LogP contribution in [0.3, 0.4) is 0 Å². The molecule has 0 fully saturated rings. The number of rotatable bonds is 13. The molecule has 0 aliphatic heterocycles. The molecule has 0 aliphatic rings. The Labute approximate surface area is 168 Å². The molecule has 154 valence electrons. The second-order valence-electron chi connectivity index (χ2n) is 6.48. The Kier molecular flexibility index (Phi) is 10.8. The number of guanidine groups is 1. The van der Waals surface area contributed by atoms with Gasteiger partial charge in [-0.15, -0.1) is 0 Å². The molecule has 7 heteroatoms. The van der Waals surface area contributed by atoms with Crippen LogP contribution in [0.15, 0.2) is 48.0 Å². The molecule has 1 aromatic carbocycles. The zero-order valence-corrected chi connectivity index (χ0v) is 17.1. The SMILES string of the molecule is CCCCOCCOCCNC(=NC)NCc1ccc(Cn2ccnc2)cc1. The third-order valence-electron chi connectivity index (χ3n) is 4.18. The second-order valence-corrected chi connectivity index (χ2v) is 6.48. The van der Waals surface area contributed by atoms with Gasteiger partial charge in [0.25, 0.3) is 0 Å². The number of imidazole rings is 1. The maximum absolute atomic E-state index is 5.55. The van der Waals surface area contributed by atoms with E-state index in [1.165, 1.54) is 11.1 Å². The fourth-order valence-corrected chi connectivity index (χ4v) is 2.57. The third-order valence-corrected chi connectivity index (χ3v) is 4.18. The zero-order chi connectivity index (χ0) is 19.9. The van der Waals surface area contributed by atoms with E-state index in [9.17, 15) is 0 Å². The normalized spacial score (nSPS) is 11.6. The second kappa shape index (κ2) is 13.7. The first kappa shape index (κ1) is 21.9. The van der Waals surface area contributed by atoms with Gasteiger partial charge in [-0.1, -0.05) is 37.6 Å². The van der Waals surface area contributed by atoms with Gasteiger partial charge in [-0.25, -0.2) is 4.98 Å². The van der Waals surface area contributed by atoms with Crippen molar-refractivity contribution in [1.29, 1.82) is 0 Å². The van der Waals surface area contributed by atoms with Gasteiger partial charge < -0.3 is 24.7 Å². The minimum atomic E-state index is 0.626. The molecule has 1 aromatic heterocycles. The molecule has 0 aliphatic carbocycles. The molecule has 0 saturated carbocycles. The largest absolute Gasteiger partial charge is 0.379 e. The summed E-state index contributed by atoms with van der Waals surface area (Å²) in [6, 6.07) is 8.55. The molecule has 2 N–H and O–H groups in total. The highest BCUT2D eigenvalue weighted by molar-refractivity contribution is 5.79. The standard InChI is InChI=1S/C21H33N5O2/c1-3-4-12-27-14-15-28-13-10-24-21(22-2)25-16-19-5-7-20(8-6-19)17-26-11-9-23-18-26/h5-9,11,18H,3-4,10,12-17H2,1-2H3,(H2,22,24,25). The quantitative estimate of drug-likeness (QED) is 0.314. The molecule has 0 amide bonds. The number of unbranched alkanes of at least 4 members (excludes halogenated alkanes) is 1. The lowest BCUT2D eigenvalue weighted by atomic mass is 10.1. The Morgan fingerprint density at radius 2 is 1.79 bits per heavy atom. The number of aromatic nitrogens is 2. The van der Waals surface area contributed by atoms with E-state index >= 15 is 0 Å². The van der Waals surface area contributed by atoms with E-state index in [2.05, 4.69) is 56.4 Å². The Bertz CT molecular complexity index is 656. The monoisotopic (exact) mass is 387 g/mol. The molecule has 0 bridgehead atoms. The lowest BCUT2D eigenvalue weighted by Crippen LogP contribution is -2.38. The predicted molar refractivity (Wildman–Crippen MR) is 113 cm³/mol. The molecular weight excluding hydrogens is 354 g/mol. The topological polar surface area (TPSA) is 72.7 Å². The number of hydrogen-bond acceptors (Lipinski definition) is 4. The van der Waals surface area contributed by atoms with Crippen LogP contribution in [0.1, 0.15) is 30.9 Å². The number of benzene rings is 1. The smallest absolute Gasteiger partial charge is 0.191 e. The number of aliphatic imine (C=N–C) groups is 1. The zero-order valence-electron chi connectivity index (χ0n) is 17.1. The molecule has 0 saturated heterocycles. The molecular formula is C21H33N5O2. The average molecular weight is 388 g/mol. The summed E-state index contributed by atoms with van der Waals surface area (Å²) < 4.78 is 13.1. The fourth-order valence-electron chi connectivity index (χ4n) is 2.57. The summed E-state index contributed by atoms with van der Waals surface area (Å²) in [4.78, 5) is 8.31. The van der Waals surface area contributed by atoms with E-state index in [1.807, 2.05) is 12.5 Å². The van der Waals surface area contributed by atoms with Crippen LogP contribution >= 0.6 is 0 Å². The van der Waals surface area contributed by atoms with Crippen LogP contribution < -0.4 is 10.6 Å². The first-order valence-corrected chi connectivity index (χ1v) is 9.95. The first-order valence-electron chi connectivity index (χ1n) is 9.95. The Balaban J connectivity index is 1.57. The minimum Gasteiger partial charge on any atom is -0.379 e. The summed E-state index contributed by atoms with van der Waals surface area (Å²) in [6.07, 6.45) is 7.86. The molecule has 1 heterocycles. The summed E-state index contributed by atoms with van der Waals surface area (Å²) in [6.45, 7) is 7.15. The Morgan fingerprint density at radius 3 is 2.46 bits per heavy atom. The Hall–Kier alpha value is -2.38. The van der Waals surface area contributed by atoms with E-state index in [4.69, 9.17) is 9.47 Å². The van der Waals surface area contributed by atoms with Gasteiger partial charge in [0, 0.05) is 45.7 Å². The van der Waals surface area contributed by atoms with Crippen molar-refractivity contribution < 1.29 is 9.47 Å². The van der Waals surface area contributed by atoms with Crippen molar-refractivity contribution in [2.24, 2.45) is 4.99 Å². The maximum Gasteiger partial charge on any atom is 0.191 e. The van der Waals surface area contributed by atoms with E-state index < -0.39 is 0 Å². The van der Waals surface area contributed by atoms with Crippen molar-refractivity contribution in [2.75, 3.05) is 40.0 Å². The van der Waals surface area contributed by atoms with Gasteiger partial charge in [-0.2, -0.15) is 0 Å². The van der Waals surface area contributed by atoms with Gasteiger partial charge in [-0.05, 0) is 17.5 Å². The summed E-state index contributed by atoms with van der Waals surface area (Å²) >= 11 is 0. The van der Waals surface area contributed by atoms with Gasteiger partial charge in [0.1, 0.15) is 0 Å². The molecule has 7 nitrogen and oxygen atoms in total. The van der Waals surface area contributed by atoms with Crippen molar-refractivity contribution in [3.05, 3.63) is 54.1 Å². The van der Waals surface area contributed by atoms with E-state index in [0.717, 1.165) is 38.5 Å². The van der Waals surface area contributed by atoms with Gasteiger partial charge in [0.2, 0.25) is 0 Å². The van der Waals surface area contributed by atoms with Crippen LogP contribution in [0.2, 0.25) is 0 Å². The summed E-state index contributed by atoms with van der Waals surface area (Å²) in [5.41, 5.74) is 2.46. The predicted octanol–water partition coefficient (Wildman–Crippen LogP) is 2.43. The van der Waals surface area contributed by atoms with Gasteiger partial charge >= 0.3 is 0 Å². The summed E-state index contributed by atoms with van der Waals surface area (Å²) in [7, 11) is 1.77. The van der Waals surface area contributed by atoms with Crippen molar-refractivity contribution in [1.82, 2.24) is 20.2 Å². The molecule has 28 heavy (non-hydrogen) atoms. The van der Waals surface area contributed by atoms with Crippen molar-refractivity contribution in [2.45, 2.75) is 32.9 Å². The summed E-state index contributed by atoms with van der Waals surface area (Å²) in [5.74, 6) is 0.769. The summed E-state index contributed by atoms with van der Waals surface area (Å²) in [5, 5.41) is 6.57. The number of nitrogens with zero attached hydrogens (tertiary/aromatic N) is 3. The van der Waals surface area contributed by atoms with Crippen LogP contribution in [0.4, 0.5) is 0 Å². The Morgan fingerprint density at radius 1 is 1.04 bits per heavy atom.